The lowest BCUT2D eigenvalue weighted by molar-refractivity contribution is 0.0926. The van der Waals surface area contributed by atoms with E-state index in [4.69, 9.17) is 5.26 Å². The summed E-state index contributed by atoms with van der Waals surface area (Å²) in [5, 5.41) is 18.0. The minimum Gasteiger partial charge on any atom is -0.345 e. The van der Waals surface area contributed by atoms with Gasteiger partial charge in [0.15, 0.2) is 0 Å². The number of nitrogens with zero attached hydrogens (tertiary/aromatic N) is 3. The van der Waals surface area contributed by atoms with Crippen molar-refractivity contribution in [2.75, 3.05) is 0 Å². The molecule has 0 aromatic carbocycles. The molecule has 0 bridgehead atoms. The molecule has 6 nitrogen and oxygen atoms in total. The van der Waals surface area contributed by atoms with Crippen LogP contribution in [-0.2, 0) is 0 Å². The fourth-order valence-electron chi connectivity index (χ4n) is 1.57. The predicted octanol–water partition coefficient (Wildman–Crippen LogP) is 1.10. The van der Waals surface area contributed by atoms with E-state index in [2.05, 4.69) is 20.5 Å². The molecular weight excluding hydrogens is 218 g/mol. The molecule has 1 fully saturated rings. The number of aromatic nitrogens is 3. The molecule has 6 heteroatoms. The van der Waals surface area contributed by atoms with Crippen LogP contribution >= 0.6 is 0 Å². The van der Waals surface area contributed by atoms with Crippen LogP contribution in [0.4, 0.5) is 0 Å². The van der Waals surface area contributed by atoms with Crippen LogP contribution in [0.15, 0.2) is 0 Å². The number of hydrogen-bond acceptors (Lipinski definition) is 4. The van der Waals surface area contributed by atoms with Crippen LogP contribution < -0.4 is 5.32 Å². The van der Waals surface area contributed by atoms with Gasteiger partial charge in [-0.3, -0.25) is 9.89 Å². The quantitative estimate of drug-likeness (QED) is 0.796. The lowest BCUT2D eigenvalue weighted by atomic mass is 10.1. The molecule has 1 aliphatic rings. The average Bonchev–Trinajstić information content (AvgIpc) is 3.06. The summed E-state index contributed by atoms with van der Waals surface area (Å²) < 4.78 is 0. The fraction of sp³-hybridized carbons (Fsp3) is 0.636. The third-order valence-corrected chi connectivity index (χ3v) is 2.84. The normalized spacial score (nSPS) is 16.2. The molecule has 0 spiro atoms. The number of carbonyl (C=O) groups excluding carboxylic acids is 1. The van der Waals surface area contributed by atoms with Crippen LogP contribution in [0.25, 0.3) is 0 Å². The van der Waals surface area contributed by atoms with E-state index < -0.39 is 0 Å². The number of H-pyrrole nitrogens is 1. The largest absolute Gasteiger partial charge is 0.345 e. The van der Waals surface area contributed by atoms with Gasteiger partial charge in [0.1, 0.15) is 5.82 Å². The maximum absolute atomic E-state index is 11.8. The molecule has 1 unspecified atom stereocenters. The molecule has 1 aromatic heterocycles. The first-order valence-electron chi connectivity index (χ1n) is 5.84. The highest BCUT2D eigenvalue weighted by atomic mass is 16.2. The van der Waals surface area contributed by atoms with Gasteiger partial charge in [0.05, 0.1) is 12.5 Å². The van der Waals surface area contributed by atoms with Crippen molar-refractivity contribution < 1.29 is 4.79 Å². The van der Waals surface area contributed by atoms with Crippen LogP contribution in [0.2, 0.25) is 0 Å². The molecule has 0 radical (unpaired) electrons. The zero-order valence-corrected chi connectivity index (χ0v) is 9.73. The smallest absolute Gasteiger partial charge is 0.291 e. The first kappa shape index (κ1) is 11.6. The van der Waals surface area contributed by atoms with Crippen molar-refractivity contribution in [1.82, 2.24) is 20.5 Å². The molecular formula is C11H15N5O. The number of amides is 1. The zero-order valence-electron chi connectivity index (χ0n) is 9.73. The summed E-state index contributed by atoms with van der Waals surface area (Å²) >= 11 is 0. The van der Waals surface area contributed by atoms with Gasteiger partial charge in [-0.05, 0) is 19.3 Å². The van der Waals surface area contributed by atoms with Gasteiger partial charge in [0.2, 0.25) is 5.82 Å². The van der Waals surface area contributed by atoms with Crippen LogP contribution in [0.1, 0.15) is 55.0 Å². The van der Waals surface area contributed by atoms with Gasteiger partial charge < -0.3 is 5.32 Å². The molecule has 17 heavy (non-hydrogen) atoms. The summed E-state index contributed by atoms with van der Waals surface area (Å²) in [6.45, 7) is 1.93. The van der Waals surface area contributed by atoms with E-state index >= 15 is 0 Å². The van der Waals surface area contributed by atoms with Crippen LogP contribution in [0, 0.1) is 11.3 Å². The lowest BCUT2D eigenvalue weighted by Gasteiger charge is -2.11. The Bertz CT molecular complexity index is 443. The third-order valence-electron chi connectivity index (χ3n) is 2.84. The molecule has 2 N–H and O–H groups in total. The Morgan fingerprint density at radius 2 is 2.47 bits per heavy atom. The van der Waals surface area contributed by atoms with E-state index in [1.807, 2.05) is 13.0 Å². The number of aromatic amines is 1. The number of nitriles is 1. The van der Waals surface area contributed by atoms with Crippen molar-refractivity contribution >= 4 is 5.91 Å². The van der Waals surface area contributed by atoms with Gasteiger partial charge in [-0.25, -0.2) is 4.98 Å². The van der Waals surface area contributed by atoms with E-state index in [0.717, 1.165) is 25.1 Å². The van der Waals surface area contributed by atoms with Crippen molar-refractivity contribution in [1.29, 1.82) is 5.26 Å². The maximum Gasteiger partial charge on any atom is 0.291 e. The molecule has 90 valence electrons. The Morgan fingerprint density at radius 1 is 1.71 bits per heavy atom. The van der Waals surface area contributed by atoms with E-state index in [1.165, 1.54) is 0 Å². The molecule has 1 saturated carbocycles. The number of rotatable bonds is 5. The van der Waals surface area contributed by atoms with Crippen LogP contribution in [0.5, 0.6) is 0 Å². The number of hydrogen-bond donors (Lipinski definition) is 2. The van der Waals surface area contributed by atoms with E-state index in [1.54, 1.807) is 0 Å². The SMILES string of the molecule is CCC(CC#N)NC(=O)c1n[nH]c(C2CC2)n1. The summed E-state index contributed by atoms with van der Waals surface area (Å²) in [6.07, 6.45) is 3.26. The van der Waals surface area contributed by atoms with E-state index in [9.17, 15) is 4.79 Å². The Hall–Kier alpha value is -1.90. The minimum absolute atomic E-state index is 0.129. The molecule has 1 heterocycles. The number of nitrogens with one attached hydrogen (secondary N) is 2. The van der Waals surface area contributed by atoms with Crippen LogP contribution in [-0.4, -0.2) is 27.1 Å². The van der Waals surface area contributed by atoms with Crippen LogP contribution in [0.3, 0.4) is 0 Å². The highest BCUT2D eigenvalue weighted by molar-refractivity contribution is 5.90. The predicted molar refractivity (Wildman–Crippen MR) is 60.1 cm³/mol. The monoisotopic (exact) mass is 233 g/mol. The summed E-state index contributed by atoms with van der Waals surface area (Å²) in [5.74, 6) is 1.10. The van der Waals surface area contributed by atoms with Gasteiger partial charge in [-0.15, -0.1) is 5.10 Å². The van der Waals surface area contributed by atoms with E-state index in [0.29, 0.717) is 12.3 Å². The van der Waals surface area contributed by atoms with E-state index in [-0.39, 0.29) is 17.8 Å². The summed E-state index contributed by atoms with van der Waals surface area (Å²) in [4.78, 5) is 15.9. The zero-order chi connectivity index (χ0) is 12.3. The third kappa shape index (κ3) is 2.81. The first-order valence-corrected chi connectivity index (χ1v) is 5.84. The molecule has 2 rings (SSSR count). The highest BCUT2D eigenvalue weighted by Crippen LogP contribution is 2.37. The maximum atomic E-state index is 11.8. The molecule has 1 aromatic rings. The average molecular weight is 233 g/mol. The second-order valence-electron chi connectivity index (χ2n) is 4.26. The second-order valence-corrected chi connectivity index (χ2v) is 4.26. The lowest BCUT2D eigenvalue weighted by Crippen LogP contribution is -2.34. The van der Waals surface area contributed by atoms with Crippen molar-refractivity contribution in [3.8, 4) is 6.07 Å². The molecule has 0 saturated heterocycles. The Kier molecular flexibility index (Phi) is 3.38. The summed E-state index contributed by atoms with van der Waals surface area (Å²) in [6, 6.07) is 1.92. The summed E-state index contributed by atoms with van der Waals surface area (Å²) in [7, 11) is 0. The number of carbonyl (C=O) groups is 1. The van der Waals surface area contributed by atoms with Gasteiger partial charge in [-0.1, -0.05) is 6.92 Å². The Morgan fingerprint density at radius 3 is 3.06 bits per heavy atom. The topological polar surface area (TPSA) is 94.5 Å². The van der Waals surface area contributed by atoms with Crippen molar-refractivity contribution in [3.05, 3.63) is 11.6 Å². The minimum atomic E-state index is -0.310. The Balaban J connectivity index is 1.96. The first-order chi connectivity index (χ1) is 8.24. The van der Waals surface area contributed by atoms with Crippen molar-refractivity contribution in [3.63, 3.8) is 0 Å². The second kappa shape index (κ2) is 4.95. The van der Waals surface area contributed by atoms with Gasteiger partial charge >= 0.3 is 0 Å². The highest BCUT2D eigenvalue weighted by Gasteiger charge is 2.28. The van der Waals surface area contributed by atoms with Gasteiger partial charge in [0.25, 0.3) is 5.91 Å². The van der Waals surface area contributed by atoms with Gasteiger partial charge in [0, 0.05) is 12.0 Å². The van der Waals surface area contributed by atoms with Crippen molar-refractivity contribution in [2.45, 2.75) is 44.6 Å². The molecule has 0 aliphatic heterocycles. The molecule has 1 amide bonds. The fourth-order valence-corrected chi connectivity index (χ4v) is 1.57. The standard InChI is InChI=1S/C11H15N5O/c1-2-8(5-6-12)13-11(17)10-14-9(15-16-10)7-3-4-7/h7-8H,2-5H2,1H3,(H,13,17)(H,14,15,16). The Labute approximate surface area is 99.4 Å². The summed E-state index contributed by atoms with van der Waals surface area (Å²) in [5.41, 5.74) is 0. The molecule has 1 atom stereocenters. The van der Waals surface area contributed by atoms with Gasteiger partial charge in [-0.2, -0.15) is 5.26 Å². The van der Waals surface area contributed by atoms with Crippen molar-refractivity contribution in [2.24, 2.45) is 0 Å². The molecule has 1 aliphatic carbocycles.